The summed E-state index contributed by atoms with van der Waals surface area (Å²) >= 11 is 19.1. The molecule has 0 fully saturated rings. The quantitative estimate of drug-likeness (QED) is 0.436. The van der Waals surface area contributed by atoms with Gasteiger partial charge in [0.05, 0.1) is 34.5 Å². The van der Waals surface area contributed by atoms with E-state index in [4.69, 9.17) is 44.6 Å². The normalized spacial score (nSPS) is 18.3. The smallest absolute Gasteiger partial charge is 0.331 e. The van der Waals surface area contributed by atoms with Crippen molar-refractivity contribution in [3.05, 3.63) is 99.0 Å². The summed E-state index contributed by atoms with van der Waals surface area (Å²) in [5, 5.41) is 7.37. The number of nitrogens with zero attached hydrogens (tertiary/aromatic N) is 2. The van der Waals surface area contributed by atoms with Crippen molar-refractivity contribution < 1.29 is 9.53 Å². The third kappa shape index (κ3) is 3.79. The molecule has 4 rings (SSSR count). The average molecular weight is 460 g/mol. The summed E-state index contributed by atoms with van der Waals surface area (Å²) in [5.74, 6) is -0.829. The number of methoxy groups -OCH3 is 1. The summed E-state index contributed by atoms with van der Waals surface area (Å²) in [5.41, 5.74) is 2.95. The first-order chi connectivity index (χ1) is 14.5. The number of benzene rings is 3. The summed E-state index contributed by atoms with van der Waals surface area (Å²) in [6.45, 7) is 0. The van der Waals surface area contributed by atoms with Crippen LogP contribution in [0.4, 0.5) is 5.69 Å². The van der Waals surface area contributed by atoms with Crippen LogP contribution < -0.4 is 5.01 Å². The molecule has 30 heavy (non-hydrogen) atoms. The van der Waals surface area contributed by atoms with E-state index in [1.165, 1.54) is 7.11 Å². The molecule has 7 heteroatoms. The first kappa shape index (κ1) is 20.7. The van der Waals surface area contributed by atoms with Crippen molar-refractivity contribution in [3.8, 4) is 0 Å². The molecule has 152 valence electrons. The molecular formula is C23H17Cl3N2O2. The van der Waals surface area contributed by atoms with Gasteiger partial charge >= 0.3 is 5.97 Å². The zero-order valence-electron chi connectivity index (χ0n) is 15.9. The predicted molar refractivity (Wildman–Crippen MR) is 122 cm³/mol. The van der Waals surface area contributed by atoms with Gasteiger partial charge in [-0.2, -0.15) is 5.10 Å². The van der Waals surface area contributed by atoms with Gasteiger partial charge in [0, 0.05) is 5.02 Å². The molecular weight excluding hydrogens is 443 g/mol. The highest BCUT2D eigenvalue weighted by molar-refractivity contribution is 6.42. The number of carbonyl (C=O) groups excluding carboxylic acids is 1. The lowest BCUT2D eigenvalue weighted by molar-refractivity contribution is -0.142. The van der Waals surface area contributed by atoms with E-state index in [-0.39, 0.29) is 5.92 Å². The van der Waals surface area contributed by atoms with Gasteiger partial charge in [-0.1, -0.05) is 95.5 Å². The molecule has 1 aliphatic heterocycles. The standard InChI is InChI=1S/C23H17Cl3N2O2/c1-30-23(29)22-19(14-8-4-2-5-9-14)20(15-10-6-3-7-11-15)27-28(22)21-17(25)12-16(24)13-18(21)26/h2-13,19,22H,1H3/t19-,22-/m0/s1. The van der Waals surface area contributed by atoms with Crippen LogP contribution in [0.3, 0.4) is 0 Å². The molecule has 0 unspecified atom stereocenters. The summed E-state index contributed by atoms with van der Waals surface area (Å²) in [6.07, 6.45) is 0. The van der Waals surface area contributed by atoms with Gasteiger partial charge in [-0.15, -0.1) is 0 Å². The molecule has 1 aliphatic rings. The first-order valence-corrected chi connectivity index (χ1v) is 10.3. The Kier molecular flexibility index (Phi) is 6.00. The largest absolute Gasteiger partial charge is 0.467 e. The van der Waals surface area contributed by atoms with Crippen LogP contribution in [0.25, 0.3) is 0 Å². The maximum absolute atomic E-state index is 13.0. The van der Waals surface area contributed by atoms with E-state index in [0.717, 1.165) is 16.8 Å². The number of hydrazone groups is 1. The number of carbonyl (C=O) groups is 1. The van der Waals surface area contributed by atoms with Crippen molar-refractivity contribution in [2.24, 2.45) is 5.10 Å². The lowest BCUT2D eigenvalue weighted by Crippen LogP contribution is -2.40. The number of hydrogen-bond donors (Lipinski definition) is 0. The lowest BCUT2D eigenvalue weighted by Gasteiger charge is -2.27. The number of rotatable bonds is 4. The second-order valence-corrected chi connectivity index (χ2v) is 8.02. The van der Waals surface area contributed by atoms with E-state index < -0.39 is 12.0 Å². The Morgan fingerprint density at radius 3 is 2.07 bits per heavy atom. The fourth-order valence-corrected chi connectivity index (χ4v) is 4.67. The molecule has 0 N–H and O–H groups in total. The zero-order chi connectivity index (χ0) is 21.3. The van der Waals surface area contributed by atoms with Crippen LogP contribution in [0.2, 0.25) is 15.1 Å². The Morgan fingerprint density at radius 2 is 1.50 bits per heavy atom. The number of halogens is 3. The van der Waals surface area contributed by atoms with Crippen molar-refractivity contribution in [2.75, 3.05) is 12.1 Å². The molecule has 0 aromatic heterocycles. The van der Waals surface area contributed by atoms with E-state index >= 15 is 0 Å². The Hall–Kier alpha value is -2.53. The van der Waals surface area contributed by atoms with Gasteiger partial charge < -0.3 is 4.74 Å². The van der Waals surface area contributed by atoms with E-state index in [1.807, 2.05) is 60.7 Å². The Bertz CT molecular complexity index is 1080. The zero-order valence-corrected chi connectivity index (χ0v) is 18.2. The summed E-state index contributed by atoms with van der Waals surface area (Å²) < 4.78 is 5.16. The highest BCUT2D eigenvalue weighted by atomic mass is 35.5. The van der Waals surface area contributed by atoms with Gasteiger partial charge in [-0.05, 0) is 23.3 Å². The van der Waals surface area contributed by atoms with Gasteiger partial charge in [-0.3, -0.25) is 0 Å². The molecule has 0 bridgehead atoms. The van der Waals surface area contributed by atoms with Crippen LogP contribution in [0.1, 0.15) is 17.0 Å². The summed E-state index contributed by atoms with van der Waals surface area (Å²) in [6, 6.07) is 21.8. The minimum Gasteiger partial charge on any atom is -0.467 e. The van der Waals surface area contributed by atoms with Crippen LogP contribution in [-0.4, -0.2) is 24.8 Å². The summed E-state index contributed by atoms with van der Waals surface area (Å²) in [4.78, 5) is 13.0. The van der Waals surface area contributed by atoms with Crippen molar-refractivity contribution >= 4 is 52.2 Å². The molecule has 0 saturated carbocycles. The summed E-state index contributed by atoms with van der Waals surface area (Å²) in [7, 11) is 1.36. The van der Waals surface area contributed by atoms with Gasteiger partial charge in [-0.25, -0.2) is 9.80 Å². The lowest BCUT2D eigenvalue weighted by atomic mass is 9.85. The Morgan fingerprint density at radius 1 is 0.933 bits per heavy atom. The van der Waals surface area contributed by atoms with E-state index in [1.54, 1.807) is 17.1 Å². The van der Waals surface area contributed by atoms with Crippen molar-refractivity contribution in [1.29, 1.82) is 0 Å². The minimum absolute atomic E-state index is 0.297. The Labute approximate surface area is 189 Å². The predicted octanol–water partition coefficient (Wildman–Crippen LogP) is 6.20. The van der Waals surface area contributed by atoms with Crippen LogP contribution in [-0.2, 0) is 9.53 Å². The highest BCUT2D eigenvalue weighted by Crippen LogP contribution is 2.44. The van der Waals surface area contributed by atoms with E-state index in [2.05, 4.69) is 0 Å². The van der Waals surface area contributed by atoms with Crippen LogP contribution in [0, 0.1) is 0 Å². The highest BCUT2D eigenvalue weighted by Gasteiger charge is 2.46. The van der Waals surface area contributed by atoms with E-state index in [9.17, 15) is 4.79 Å². The Balaban J connectivity index is 1.95. The van der Waals surface area contributed by atoms with Gasteiger partial charge in [0.1, 0.15) is 0 Å². The maximum atomic E-state index is 13.0. The monoisotopic (exact) mass is 458 g/mol. The fourth-order valence-electron chi connectivity index (χ4n) is 3.68. The number of ether oxygens (including phenoxy) is 1. The first-order valence-electron chi connectivity index (χ1n) is 9.21. The molecule has 0 radical (unpaired) electrons. The minimum atomic E-state index is -0.788. The molecule has 4 nitrogen and oxygen atoms in total. The molecule has 3 aromatic carbocycles. The fraction of sp³-hybridized carbons (Fsp3) is 0.130. The number of esters is 1. The van der Waals surface area contributed by atoms with Crippen LogP contribution in [0.5, 0.6) is 0 Å². The third-order valence-electron chi connectivity index (χ3n) is 4.97. The molecule has 0 amide bonds. The van der Waals surface area contributed by atoms with Gasteiger partial charge in [0.2, 0.25) is 0 Å². The van der Waals surface area contributed by atoms with Crippen LogP contribution in [0.15, 0.2) is 77.9 Å². The number of hydrogen-bond acceptors (Lipinski definition) is 4. The second-order valence-electron chi connectivity index (χ2n) is 6.77. The SMILES string of the molecule is COC(=O)[C@@H]1[C@@H](c2ccccc2)C(c2ccccc2)=NN1c1c(Cl)cc(Cl)cc1Cl. The third-order valence-corrected chi connectivity index (χ3v) is 5.77. The molecule has 2 atom stereocenters. The second kappa shape index (κ2) is 8.68. The van der Waals surface area contributed by atoms with Crippen molar-refractivity contribution in [2.45, 2.75) is 12.0 Å². The van der Waals surface area contributed by atoms with E-state index in [0.29, 0.717) is 20.8 Å². The van der Waals surface area contributed by atoms with Gasteiger partial charge in [0.15, 0.2) is 6.04 Å². The molecule has 3 aromatic rings. The van der Waals surface area contributed by atoms with Crippen molar-refractivity contribution in [1.82, 2.24) is 0 Å². The molecule has 1 heterocycles. The van der Waals surface area contributed by atoms with Crippen LogP contribution >= 0.6 is 34.8 Å². The van der Waals surface area contributed by atoms with Gasteiger partial charge in [0.25, 0.3) is 0 Å². The average Bonchev–Trinajstić information content (AvgIpc) is 3.14. The molecule has 0 spiro atoms. The number of anilines is 1. The molecule has 0 saturated heterocycles. The van der Waals surface area contributed by atoms with Crippen molar-refractivity contribution in [3.63, 3.8) is 0 Å². The topological polar surface area (TPSA) is 41.9 Å². The maximum Gasteiger partial charge on any atom is 0.331 e. The molecule has 0 aliphatic carbocycles.